The zero-order chi connectivity index (χ0) is 20.5. The summed E-state index contributed by atoms with van der Waals surface area (Å²) in [6, 6.07) is 5.81. The molecule has 5 heterocycles. The molecule has 5 rings (SSSR count). The Morgan fingerprint density at radius 2 is 2.03 bits per heavy atom. The number of rotatable bonds is 5. The van der Waals surface area contributed by atoms with E-state index in [4.69, 9.17) is 4.52 Å². The van der Waals surface area contributed by atoms with Crippen LogP contribution in [-0.4, -0.2) is 62.8 Å². The van der Waals surface area contributed by atoms with Crippen LogP contribution in [0.25, 0.3) is 21.7 Å². The Morgan fingerprint density at radius 3 is 2.90 bits per heavy atom. The topological polar surface area (TPSA) is 93.2 Å². The van der Waals surface area contributed by atoms with Gasteiger partial charge in [-0.2, -0.15) is 4.98 Å². The summed E-state index contributed by atoms with van der Waals surface area (Å²) in [6.45, 7) is 4.46. The normalized spacial score (nSPS) is 15.2. The summed E-state index contributed by atoms with van der Waals surface area (Å²) in [5, 5.41) is 6.59. The molecule has 1 aliphatic rings. The molecule has 0 saturated carbocycles. The molecule has 4 aromatic rings. The van der Waals surface area contributed by atoms with Crippen LogP contribution in [0.15, 0.2) is 45.4 Å². The molecule has 0 radical (unpaired) electrons. The smallest absolute Gasteiger partial charge is 0.262 e. The molecule has 0 aromatic carbocycles. The second-order valence-corrected chi connectivity index (χ2v) is 8.23. The number of anilines is 1. The van der Waals surface area contributed by atoms with Gasteiger partial charge in [-0.3, -0.25) is 14.3 Å². The van der Waals surface area contributed by atoms with Crippen LogP contribution in [0.3, 0.4) is 0 Å². The van der Waals surface area contributed by atoms with Crippen LogP contribution in [0.2, 0.25) is 0 Å². The van der Waals surface area contributed by atoms with E-state index in [0.717, 1.165) is 36.7 Å². The summed E-state index contributed by atoms with van der Waals surface area (Å²) in [4.78, 5) is 31.1. The van der Waals surface area contributed by atoms with E-state index in [0.29, 0.717) is 35.8 Å². The van der Waals surface area contributed by atoms with Crippen LogP contribution in [-0.2, 0) is 13.0 Å². The highest BCUT2D eigenvalue weighted by Gasteiger charge is 2.17. The Balaban J connectivity index is 1.30. The molecule has 1 fully saturated rings. The number of thiophene rings is 1. The molecule has 0 amide bonds. The van der Waals surface area contributed by atoms with Gasteiger partial charge in [0.2, 0.25) is 11.7 Å². The summed E-state index contributed by atoms with van der Waals surface area (Å²) in [6.07, 6.45) is 3.79. The Morgan fingerprint density at radius 1 is 1.17 bits per heavy atom. The molecule has 1 aliphatic heterocycles. The largest absolute Gasteiger partial charge is 0.369 e. The quantitative estimate of drug-likeness (QED) is 0.481. The number of fused-ring (bicyclic) bond motifs is 1. The molecule has 0 unspecified atom stereocenters. The van der Waals surface area contributed by atoms with E-state index in [2.05, 4.69) is 37.0 Å². The SMILES string of the molecule is CN1CCN(c2ccnc(-c3noc(CCn4cnc5sccc5c4=O)n3)c2)CC1. The van der Waals surface area contributed by atoms with Gasteiger partial charge in [0.05, 0.1) is 11.7 Å². The van der Waals surface area contributed by atoms with E-state index in [1.807, 2.05) is 17.5 Å². The van der Waals surface area contributed by atoms with Crippen molar-refractivity contribution in [3.8, 4) is 11.5 Å². The molecule has 4 aromatic heterocycles. The van der Waals surface area contributed by atoms with Gasteiger partial charge in [0, 0.05) is 51.0 Å². The predicted octanol–water partition coefficient (Wildman–Crippen LogP) is 1.90. The van der Waals surface area contributed by atoms with Crippen molar-refractivity contribution in [3.63, 3.8) is 0 Å². The summed E-state index contributed by atoms with van der Waals surface area (Å²) >= 11 is 1.46. The van der Waals surface area contributed by atoms with Crippen LogP contribution < -0.4 is 10.5 Å². The summed E-state index contributed by atoms with van der Waals surface area (Å²) in [7, 11) is 2.14. The first-order valence-electron chi connectivity index (χ1n) is 9.82. The number of aromatic nitrogens is 5. The van der Waals surface area contributed by atoms with Gasteiger partial charge in [-0.1, -0.05) is 5.16 Å². The maximum atomic E-state index is 12.5. The van der Waals surface area contributed by atoms with Crippen molar-refractivity contribution >= 4 is 27.2 Å². The van der Waals surface area contributed by atoms with Gasteiger partial charge in [0.15, 0.2) is 0 Å². The summed E-state index contributed by atoms with van der Waals surface area (Å²) in [5.41, 5.74) is 1.74. The lowest BCUT2D eigenvalue weighted by Crippen LogP contribution is -2.44. The second-order valence-electron chi connectivity index (χ2n) is 7.33. The summed E-state index contributed by atoms with van der Waals surface area (Å²) < 4.78 is 6.97. The lowest BCUT2D eigenvalue weighted by Gasteiger charge is -2.34. The van der Waals surface area contributed by atoms with Gasteiger partial charge in [-0.25, -0.2) is 4.98 Å². The fourth-order valence-electron chi connectivity index (χ4n) is 3.53. The van der Waals surface area contributed by atoms with Crippen molar-refractivity contribution in [3.05, 3.63) is 52.3 Å². The monoisotopic (exact) mass is 423 g/mol. The van der Waals surface area contributed by atoms with Crippen LogP contribution in [0.5, 0.6) is 0 Å². The summed E-state index contributed by atoms with van der Waals surface area (Å²) in [5.74, 6) is 0.925. The van der Waals surface area contributed by atoms with Gasteiger partial charge in [-0.05, 0) is 30.6 Å². The number of hydrogen-bond donors (Lipinski definition) is 0. The fourth-order valence-corrected chi connectivity index (χ4v) is 4.26. The minimum Gasteiger partial charge on any atom is -0.369 e. The Labute approximate surface area is 176 Å². The highest BCUT2D eigenvalue weighted by Crippen LogP contribution is 2.22. The molecule has 154 valence electrons. The van der Waals surface area contributed by atoms with Crippen molar-refractivity contribution in [1.82, 2.24) is 29.6 Å². The third-order valence-corrected chi connectivity index (χ3v) is 6.15. The highest BCUT2D eigenvalue weighted by atomic mass is 32.1. The van der Waals surface area contributed by atoms with Crippen LogP contribution in [0, 0.1) is 0 Å². The van der Waals surface area contributed by atoms with Gasteiger partial charge in [0.1, 0.15) is 10.5 Å². The lowest BCUT2D eigenvalue weighted by atomic mass is 10.2. The van der Waals surface area contributed by atoms with Crippen molar-refractivity contribution in [2.45, 2.75) is 13.0 Å². The molecule has 0 atom stereocenters. The predicted molar refractivity (Wildman–Crippen MR) is 115 cm³/mol. The molecule has 9 nitrogen and oxygen atoms in total. The maximum absolute atomic E-state index is 12.5. The fraction of sp³-hybridized carbons (Fsp3) is 0.350. The molecule has 0 aliphatic carbocycles. The molecule has 30 heavy (non-hydrogen) atoms. The highest BCUT2D eigenvalue weighted by molar-refractivity contribution is 7.16. The number of hydrogen-bond acceptors (Lipinski definition) is 9. The van der Waals surface area contributed by atoms with Gasteiger partial charge < -0.3 is 14.3 Å². The van der Waals surface area contributed by atoms with Crippen LogP contribution >= 0.6 is 11.3 Å². The minimum atomic E-state index is -0.0532. The molecule has 0 bridgehead atoms. The van der Waals surface area contributed by atoms with Gasteiger partial charge in [0.25, 0.3) is 5.56 Å². The molecule has 1 saturated heterocycles. The van der Waals surface area contributed by atoms with E-state index >= 15 is 0 Å². The molecule has 0 N–H and O–H groups in total. The second kappa shape index (κ2) is 7.96. The standard InChI is InChI=1S/C20H21N7O2S/c1-25-7-9-26(10-8-25)14-2-5-21-16(12-14)18-23-17(29-24-18)3-6-27-13-22-19-15(20(27)28)4-11-30-19/h2,4-5,11-13H,3,6-10H2,1H3. The van der Waals surface area contributed by atoms with Crippen LogP contribution in [0.4, 0.5) is 5.69 Å². The third-order valence-electron chi connectivity index (χ3n) is 5.33. The Kier molecular flexibility index (Phi) is 5.01. The molecular formula is C20H21N7O2S. The van der Waals surface area contributed by atoms with E-state index in [-0.39, 0.29) is 5.56 Å². The van der Waals surface area contributed by atoms with Gasteiger partial charge in [-0.15, -0.1) is 11.3 Å². The zero-order valence-electron chi connectivity index (χ0n) is 16.6. The van der Waals surface area contributed by atoms with E-state index in [1.165, 1.54) is 11.3 Å². The van der Waals surface area contributed by atoms with Crippen LogP contribution in [0.1, 0.15) is 5.89 Å². The first kappa shape index (κ1) is 18.9. The van der Waals surface area contributed by atoms with Crippen molar-refractivity contribution in [2.24, 2.45) is 0 Å². The number of piperazine rings is 1. The van der Waals surface area contributed by atoms with Crippen molar-refractivity contribution in [2.75, 3.05) is 38.1 Å². The number of likely N-dealkylation sites (N-methyl/N-ethyl adjacent to an activating group) is 1. The lowest BCUT2D eigenvalue weighted by molar-refractivity contribution is 0.313. The Bertz CT molecular complexity index is 1220. The molecule has 0 spiro atoms. The van der Waals surface area contributed by atoms with E-state index in [1.54, 1.807) is 23.2 Å². The van der Waals surface area contributed by atoms with Crippen molar-refractivity contribution in [1.29, 1.82) is 0 Å². The maximum Gasteiger partial charge on any atom is 0.262 e. The number of nitrogens with zero attached hydrogens (tertiary/aromatic N) is 7. The van der Waals surface area contributed by atoms with E-state index in [9.17, 15) is 4.79 Å². The van der Waals surface area contributed by atoms with Crippen molar-refractivity contribution < 1.29 is 4.52 Å². The minimum absolute atomic E-state index is 0.0532. The molecular weight excluding hydrogens is 402 g/mol. The first-order chi connectivity index (χ1) is 14.7. The molecule has 10 heteroatoms. The van der Waals surface area contributed by atoms with E-state index < -0.39 is 0 Å². The average molecular weight is 424 g/mol. The number of aryl methyl sites for hydroxylation is 2. The first-order valence-corrected chi connectivity index (χ1v) is 10.7. The Hall–Kier alpha value is -3.11. The average Bonchev–Trinajstić information content (AvgIpc) is 3.44. The third kappa shape index (κ3) is 3.71. The van der Waals surface area contributed by atoms with Gasteiger partial charge >= 0.3 is 0 Å². The zero-order valence-corrected chi connectivity index (χ0v) is 17.4. The number of pyridine rings is 1.